The van der Waals surface area contributed by atoms with Gasteiger partial charge in [-0.05, 0) is 25.7 Å². The Balaban J connectivity index is 2.30. The van der Waals surface area contributed by atoms with Crippen molar-refractivity contribution in [3.8, 4) is 6.07 Å². The van der Waals surface area contributed by atoms with Crippen molar-refractivity contribution in [3.63, 3.8) is 0 Å². The molecule has 0 unspecified atom stereocenters. The van der Waals surface area contributed by atoms with Crippen molar-refractivity contribution in [2.45, 2.75) is 31.3 Å². The first-order chi connectivity index (χ1) is 5.83. The average Bonchev–Trinajstić information content (AvgIpc) is 2.55. The molecule has 1 saturated carbocycles. The van der Waals surface area contributed by atoms with E-state index in [1.165, 1.54) is 0 Å². The van der Waals surface area contributed by atoms with Crippen molar-refractivity contribution in [3.05, 3.63) is 0 Å². The van der Waals surface area contributed by atoms with Crippen LogP contribution in [0.2, 0.25) is 0 Å². The van der Waals surface area contributed by atoms with Gasteiger partial charge in [-0.25, -0.2) is 0 Å². The summed E-state index contributed by atoms with van der Waals surface area (Å²) < 4.78 is 10.4. The van der Waals surface area contributed by atoms with Crippen LogP contribution < -0.4 is 0 Å². The first-order valence-corrected chi connectivity index (χ1v) is 4.37. The van der Waals surface area contributed by atoms with Gasteiger partial charge in [-0.3, -0.25) is 0 Å². The molecule has 68 valence electrons. The van der Waals surface area contributed by atoms with Gasteiger partial charge in [-0.15, -0.1) is 0 Å². The highest BCUT2D eigenvalue weighted by Gasteiger charge is 2.34. The zero-order valence-corrected chi connectivity index (χ0v) is 7.51. The van der Waals surface area contributed by atoms with E-state index in [0.717, 1.165) is 25.7 Å². The molecule has 12 heavy (non-hydrogen) atoms. The number of hydrogen-bond donors (Lipinski definition) is 0. The third-order valence-electron chi connectivity index (χ3n) is 2.28. The predicted molar refractivity (Wildman–Crippen MR) is 44.6 cm³/mol. The van der Waals surface area contributed by atoms with Crippen LogP contribution in [0.1, 0.15) is 25.7 Å². The standard InChI is InChI=1S/C9H15NO2/c1-11-6-7-12-9(8-10)4-2-3-5-9/h2-7H2,1H3. The third kappa shape index (κ3) is 2.20. The van der Waals surface area contributed by atoms with E-state index in [1.807, 2.05) is 0 Å². The maximum Gasteiger partial charge on any atom is 0.154 e. The maximum atomic E-state index is 8.90. The molecule has 0 amide bonds. The minimum absolute atomic E-state index is 0.488. The van der Waals surface area contributed by atoms with Crippen LogP contribution in [0.3, 0.4) is 0 Å². The SMILES string of the molecule is COCCOC1(C#N)CCCC1. The number of methoxy groups -OCH3 is 1. The molecule has 0 radical (unpaired) electrons. The second kappa shape index (κ2) is 4.44. The van der Waals surface area contributed by atoms with Gasteiger partial charge in [0, 0.05) is 7.11 Å². The highest BCUT2D eigenvalue weighted by Crippen LogP contribution is 2.32. The molecule has 0 aromatic rings. The van der Waals surface area contributed by atoms with Crippen molar-refractivity contribution in [2.24, 2.45) is 0 Å². The Kier molecular flexibility index (Phi) is 3.51. The molecule has 3 heteroatoms. The Labute approximate surface area is 73.3 Å². The van der Waals surface area contributed by atoms with Gasteiger partial charge < -0.3 is 9.47 Å². The Morgan fingerprint density at radius 2 is 2.00 bits per heavy atom. The van der Waals surface area contributed by atoms with Crippen LogP contribution >= 0.6 is 0 Å². The van der Waals surface area contributed by atoms with Crippen molar-refractivity contribution >= 4 is 0 Å². The largest absolute Gasteiger partial charge is 0.382 e. The van der Waals surface area contributed by atoms with E-state index in [0.29, 0.717) is 13.2 Å². The van der Waals surface area contributed by atoms with Gasteiger partial charge in [-0.2, -0.15) is 5.26 Å². The first-order valence-electron chi connectivity index (χ1n) is 4.37. The van der Waals surface area contributed by atoms with Gasteiger partial charge in [0.2, 0.25) is 0 Å². The lowest BCUT2D eigenvalue weighted by Crippen LogP contribution is -2.28. The number of hydrogen-bond acceptors (Lipinski definition) is 3. The summed E-state index contributed by atoms with van der Waals surface area (Å²) in [5.41, 5.74) is -0.488. The van der Waals surface area contributed by atoms with Gasteiger partial charge in [0.1, 0.15) is 0 Å². The number of nitriles is 1. The highest BCUT2D eigenvalue weighted by molar-refractivity contribution is 5.04. The molecule has 0 heterocycles. The fourth-order valence-corrected chi connectivity index (χ4v) is 1.55. The molecule has 3 nitrogen and oxygen atoms in total. The van der Waals surface area contributed by atoms with E-state index in [4.69, 9.17) is 14.7 Å². The summed E-state index contributed by atoms with van der Waals surface area (Å²) in [4.78, 5) is 0. The summed E-state index contributed by atoms with van der Waals surface area (Å²) in [6.07, 6.45) is 3.99. The molecule has 1 fully saturated rings. The van der Waals surface area contributed by atoms with Crippen molar-refractivity contribution in [2.75, 3.05) is 20.3 Å². The molecule has 0 aliphatic heterocycles. The summed E-state index contributed by atoms with van der Waals surface area (Å²) in [6.45, 7) is 1.10. The number of nitrogens with zero attached hydrogens (tertiary/aromatic N) is 1. The molecule has 0 bridgehead atoms. The van der Waals surface area contributed by atoms with Gasteiger partial charge >= 0.3 is 0 Å². The predicted octanol–water partition coefficient (Wildman–Crippen LogP) is 1.49. The first kappa shape index (κ1) is 9.50. The van der Waals surface area contributed by atoms with Crippen LogP contribution in [-0.2, 0) is 9.47 Å². The summed E-state index contributed by atoms with van der Waals surface area (Å²) >= 11 is 0. The second-order valence-electron chi connectivity index (χ2n) is 3.15. The van der Waals surface area contributed by atoms with Crippen LogP contribution in [0.5, 0.6) is 0 Å². The van der Waals surface area contributed by atoms with Gasteiger partial charge in [0.05, 0.1) is 19.3 Å². The lowest BCUT2D eigenvalue weighted by atomic mass is 10.1. The summed E-state index contributed by atoms with van der Waals surface area (Å²) in [6, 6.07) is 2.26. The van der Waals surface area contributed by atoms with Crippen molar-refractivity contribution < 1.29 is 9.47 Å². The van der Waals surface area contributed by atoms with E-state index < -0.39 is 5.60 Å². The maximum absolute atomic E-state index is 8.90. The van der Waals surface area contributed by atoms with E-state index in [9.17, 15) is 0 Å². The molecular weight excluding hydrogens is 154 g/mol. The Hall–Kier alpha value is -0.590. The molecular formula is C9H15NO2. The quantitative estimate of drug-likeness (QED) is 0.599. The molecule has 0 aromatic carbocycles. The molecule has 0 spiro atoms. The van der Waals surface area contributed by atoms with Gasteiger partial charge in [0.15, 0.2) is 5.60 Å². The fraction of sp³-hybridized carbons (Fsp3) is 0.889. The van der Waals surface area contributed by atoms with E-state index in [-0.39, 0.29) is 0 Å². The molecule has 0 saturated heterocycles. The minimum Gasteiger partial charge on any atom is -0.382 e. The molecule has 1 aliphatic carbocycles. The molecule has 0 aromatic heterocycles. The second-order valence-corrected chi connectivity index (χ2v) is 3.15. The van der Waals surface area contributed by atoms with Crippen LogP contribution in [-0.4, -0.2) is 25.9 Å². The minimum atomic E-state index is -0.488. The van der Waals surface area contributed by atoms with Crippen LogP contribution in [0.15, 0.2) is 0 Å². The van der Waals surface area contributed by atoms with Crippen molar-refractivity contribution in [1.29, 1.82) is 5.26 Å². The van der Waals surface area contributed by atoms with Gasteiger partial charge in [-0.1, -0.05) is 0 Å². The average molecular weight is 169 g/mol. The summed E-state index contributed by atoms with van der Waals surface area (Å²) in [5, 5.41) is 8.90. The lowest BCUT2D eigenvalue weighted by molar-refractivity contribution is -0.0221. The van der Waals surface area contributed by atoms with Crippen molar-refractivity contribution in [1.82, 2.24) is 0 Å². The molecule has 0 N–H and O–H groups in total. The fourth-order valence-electron chi connectivity index (χ4n) is 1.55. The van der Waals surface area contributed by atoms with Crippen LogP contribution in [0.4, 0.5) is 0 Å². The normalized spacial score (nSPS) is 20.7. The highest BCUT2D eigenvalue weighted by atomic mass is 16.5. The Bertz CT molecular complexity index is 168. The van der Waals surface area contributed by atoms with Crippen LogP contribution in [0, 0.1) is 11.3 Å². The monoisotopic (exact) mass is 169 g/mol. The molecule has 1 aliphatic rings. The summed E-state index contributed by atoms with van der Waals surface area (Å²) in [7, 11) is 1.64. The Morgan fingerprint density at radius 3 is 2.50 bits per heavy atom. The van der Waals surface area contributed by atoms with E-state index in [2.05, 4.69) is 6.07 Å². The zero-order chi connectivity index (χ0) is 8.86. The Morgan fingerprint density at radius 1 is 1.33 bits per heavy atom. The van der Waals surface area contributed by atoms with Gasteiger partial charge in [0.25, 0.3) is 0 Å². The van der Waals surface area contributed by atoms with E-state index >= 15 is 0 Å². The van der Waals surface area contributed by atoms with Crippen LogP contribution in [0.25, 0.3) is 0 Å². The molecule has 0 atom stereocenters. The van der Waals surface area contributed by atoms with E-state index in [1.54, 1.807) is 7.11 Å². The number of ether oxygens (including phenoxy) is 2. The molecule has 1 rings (SSSR count). The number of rotatable bonds is 4. The summed E-state index contributed by atoms with van der Waals surface area (Å²) in [5.74, 6) is 0. The third-order valence-corrected chi connectivity index (χ3v) is 2.28. The lowest BCUT2D eigenvalue weighted by Gasteiger charge is -2.20. The zero-order valence-electron chi connectivity index (χ0n) is 7.51. The topological polar surface area (TPSA) is 42.2 Å². The smallest absolute Gasteiger partial charge is 0.154 e.